The van der Waals surface area contributed by atoms with Crippen molar-refractivity contribution >= 4 is 45.7 Å². The first kappa shape index (κ1) is 9.07. The lowest BCUT2D eigenvalue weighted by molar-refractivity contribution is 1.41. The summed E-state index contributed by atoms with van der Waals surface area (Å²) < 4.78 is 0. The van der Waals surface area contributed by atoms with Crippen molar-refractivity contribution in [2.45, 2.75) is 0 Å². The van der Waals surface area contributed by atoms with E-state index in [-0.39, 0.29) is 0 Å². The quantitative estimate of drug-likeness (QED) is 0.621. The van der Waals surface area contributed by atoms with E-state index in [0.717, 1.165) is 10.9 Å². The van der Waals surface area contributed by atoms with Crippen LogP contribution < -0.4 is 0 Å². The van der Waals surface area contributed by atoms with E-state index >= 15 is 0 Å². The van der Waals surface area contributed by atoms with E-state index in [2.05, 4.69) is 4.98 Å². The Kier molecular flexibility index (Phi) is 2.33. The Morgan fingerprint density at radius 2 is 1.77 bits per heavy atom. The van der Waals surface area contributed by atoms with Gasteiger partial charge in [0.15, 0.2) is 0 Å². The third-order valence-electron chi connectivity index (χ3n) is 1.69. The molecule has 4 heteroatoms. The van der Waals surface area contributed by atoms with Gasteiger partial charge in [0.05, 0.1) is 10.5 Å². The van der Waals surface area contributed by atoms with Crippen molar-refractivity contribution in [2.75, 3.05) is 0 Å². The standard InChI is InChI=1S/C9H4Cl3N/c10-6-1-2-8-5(3-6)4-7(11)9(12)13-8/h1-4H. The van der Waals surface area contributed by atoms with Gasteiger partial charge in [-0.25, -0.2) is 4.98 Å². The van der Waals surface area contributed by atoms with Crippen LogP contribution in [0.4, 0.5) is 0 Å². The van der Waals surface area contributed by atoms with Gasteiger partial charge in [0.1, 0.15) is 5.15 Å². The van der Waals surface area contributed by atoms with E-state index in [9.17, 15) is 0 Å². The van der Waals surface area contributed by atoms with Crippen molar-refractivity contribution in [1.29, 1.82) is 0 Å². The van der Waals surface area contributed by atoms with E-state index in [1.165, 1.54) is 0 Å². The van der Waals surface area contributed by atoms with Gasteiger partial charge in [0.2, 0.25) is 0 Å². The monoisotopic (exact) mass is 231 g/mol. The molecule has 0 bridgehead atoms. The fraction of sp³-hybridized carbons (Fsp3) is 0. The summed E-state index contributed by atoms with van der Waals surface area (Å²) in [5, 5.41) is 2.31. The second kappa shape index (κ2) is 3.33. The van der Waals surface area contributed by atoms with Crippen LogP contribution in [0.1, 0.15) is 0 Å². The van der Waals surface area contributed by atoms with Crippen molar-refractivity contribution in [3.8, 4) is 0 Å². The second-order valence-corrected chi connectivity index (χ2v) is 3.80. The molecule has 0 aliphatic heterocycles. The number of rotatable bonds is 0. The first-order valence-electron chi connectivity index (χ1n) is 3.58. The molecule has 0 N–H and O–H groups in total. The number of benzene rings is 1. The highest BCUT2D eigenvalue weighted by Gasteiger charge is 2.02. The predicted octanol–water partition coefficient (Wildman–Crippen LogP) is 4.20. The maximum Gasteiger partial charge on any atom is 0.148 e. The molecule has 0 saturated carbocycles. The van der Waals surface area contributed by atoms with E-state index in [0.29, 0.717) is 15.2 Å². The Bertz CT molecular complexity index is 468. The molecule has 1 nitrogen and oxygen atoms in total. The average Bonchev–Trinajstić information content (AvgIpc) is 2.08. The highest BCUT2D eigenvalue weighted by atomic mass is 35.5. The number of fused-ring (bicyclic) bond motifs is 1. The third-order valence-corrected chi connectivity index (χ3v) is 2.60. The molecule has 0 aliphatic rings. The minimum absolute atomic E-state index is 0.316. The Balaban J connectivity index is 2.81. The van der Waals surface area contributed by atoms with Crippen molar-refractivity contribution in [3.05, 3.63) is 39.5 Å². The summed E-state index contributed by atoms with van der Waals surface area (Å²) in [6.07, 6.45) is 0. The largest absolute Gasteiger partial charge is 0.235 e. The molecule has 2 rings (SSSR count). The van der Waals surface area contributed by atoms with Gasteiger partial charge in [-0.05, 0) is 24.3 Å². The van der Waals surface area contributed by atoms with Crippen LogP contribution >= 0.6 is 34.8 Å². The zero-order valence-electron chi connectivity index (χ0n) is 6.39. The number of pyridine rings is 1. The minimum Gasteiger partial charge on any atom is -0.235 e. The van der Waals surface area contributed by atoms with Crippen molar-refractivity contribution in [2.24, 2.45) is 0 Å². The highest BCUT2D eigenvalue weighted by Crippen LogP contribution is 2.26. The van der Waals surface area contributed by atoms with Crippen LogP contribution in [0.25, 0.3) is 10.9 Å². The van der Waals surface area contributed by atoms with Crippen molar-refractivity contribution in [3.63, 3.8) is 0 Å². The average molecular weight is 232 g/mol. The second-order valence-electron chi connectivity index (χ2n) is 2.60. The maximum absolute atomic E-state index is 5.81. The van der Waals surface area contributed by atoms with Gasteiger partial charge in [0.25, 0.3) is 0 Å². The van der Waals surface area contributed by atoms with Crippen LogP contribution in [0.5, 0.6) is 0 Å². The van der Waals surface area contributed by atoms with Gasteiger partial charge in [-0.1, -0.05) is 34.8 Å². The number of aromatic nitrogens is 1. The molecule has 1 heterocycles. The van der Waals surface area contributed by atoms with Crippen LogP contribution in [0.15, 0.2) is 24.3 Å². The molecule has 0 aliphatic carbocycles. The summed E-state index contributed by atoms with van der Waals surface area (Å²) in [5.74, 6) is 0. The lowest BCUT2D eigenvalue weighted by Gasteiger charge is -1.99. The smallest absolute Gasteiger partial charge is 0.148 e. The number of hydrogen-bond donors (Lipinski definition) is 0. The molecule has 1 aromatic carbocycles. The summed E-state index contributed by atoms with van der Waals surface area (Å²) in [5.41, 5.74) is 0.791. The molecule has 66 valence electrons. The van der Waals surface area contributed by atoms with Crippen LogP contribution in [0, 0.1) is 0 Å². The van der Waals surface area contributed by atoms with Crippen molar-refractivity contribution < 1.29 is 0 Å². The predicted molar refractivity (Wildman–Crippen MR) is 56.8 cm³/mol. The fourth-order valence-corrected chi connectivity index (χ4v) is 1.58. The van der Waals surface area contributed by atoms with Gasteiger partial charge < -0.3 is 0 Å². The van der Waals surface area contributed by atoms with Crippen LogP contribution in [0.2, 0.25) is 15.2 Å². The highest BCUT2D eigenvalue weighted by molar-refractivity contribution is 6.41. The van der Waals surface area contributed by atoms with E-state index < -0.39 is 0 Å². The Morgan fingerprint density at radius 1 is 1.00 bits per heavy atom. The van der Waals surface area contributed by atoms with Gasteiger partial charge in [-0.2, -0.15) is 0 Å². The summed E-state index contributed by atoms with van der Waals surface area (Å²) in [6.45, 7) is 0. The minimum atomic E-state index is 0.316. The summed E-state index contributed by atoms with van der Waals surface area (Å²) >= 11 is 17.4. The SMILES string of the molecule is Clc1ccc2nc(Cl)c(Cl)cc2c1. The zero-order valence-corrected chi connectivity index (χ0v) is 8.66. The normalized spacial score (nSPS) is 10.7. The molecule has 0 radical (unpaired) electrons. The van der Waals surface area contributed by atoms with E-state index in [1.54, 1.807) is 24.3 Å². The topological polar surface area (TPSA) is 12.9 Å². The molecule has 1 aromatic heterocycles. The Morgan fingerprint density at radius 3 is 2.54 bits per heavy atom. The van der Waals surface area contributed by atoms with Gasteiger partial charge >= 0.3 is 0 Å². The molecular formula is C9H4Cl3N. The summed E-state index contributed by atoms with van der Waals surface area (Å²) in [4.78, 5) is 4.09. The lowest BCUT2D eigenvalue weighted by Crippen LogP contribution is -1.80. The molecule has 2 aromatic rings. The molecule has 0 spiro atoms. The van der Waals surface area contributed by atoms with Crippen LogP contribution in [0.3, 0.4) is 0 Å². The zero-order chi connectivity index (χ0) is 9.42. The fourth-order valence-electron chi connectivity index (χ4n) is 1.10. The Hall–Kier alpha value is -0.500. The molecule has 0 atom stereocenters. The first-order valence-corrected chi connectivity index (χ1v) is 4.71. The van der Waals surface area contributed by atoms with E-state index in [4.69, 9.17) is 34.8 Å². The number of hydrogen-bond acceptors (Lipinski definition) is 1. The van der Waals surface area contributed by atoms with Crippen molar-refractivity contribution in [1.82, 2.24) is 4.98 Å². The lowest BCUT2D eigenvalue weighted by atomic mass is 10.2. The third kappa shape index (κ3) is 1.73. The number of nitrogens with zero attached hydrogens (tertiary/aromatic N) is 1. The van der Waals surface area contributed by atoms with Gasteiger partial charge in [-0.15, -0.1) is 0 Å². The molecular weight excluding hydrogens is 228 g/mol. The molecule has 0 saturated heterocycles. The molecule has 0 unspecified atom stereocenters. The van der Waals surface area contributed by atoms with Crippen LogP contribution in [-0.2, 0) is 0 Å². The molecule has 0 fully saturated rings. The van der Waals surface area contributed by atoms with Crippen LogP contribution in [-0.4, -0.2) is 4.98 Å². The van der Waals surface area contributed by atoms with E-state index in [1.807, 2.05) is 0 Å². The molecule has 13 heavy (non-hydrogen) atoms. The maximum atomic E-state index is 5.81. The number of halogens is 3. The van der Waals surface area contributed by atoms with Gasteiger partial charge in [0, 0.05) is 10.4 Å². The Labute approximate surface area is 90.2 Å². The van der Waals surface area contributed by atoms with Gasteiger partial charge in [-0.3, -0.25) is 0 Å². The molecule has 0 amide bonds. The summed E-state index contributed by atoms with van der Waals surface area (Å²) in [6, 6.07) is 7.12. The summed E-state index contributed by atoms with van der Waals surface area (Å²) in [7, 11) is 0. The first-order chi connectivity index (χ1) is 6.16.